The normalized spacial score (nSPS) is 16.5. The number of imidazole rings is 1. The summed E-state index contributed by atoms with van der Waals surface area (Å²) in [7, 11) is 1.57. The molecule has 18 heteroatoms. The number of rotatable bonds is 19. The number of aromatic nitrogens is 2. The van der Waals surface area contributed by atoms with Crippen LogP contribution < -0.4 is 10.6 Å². The van der Waals surface area contributed by atoms with E-state index in [9.17, 15) is 28.4 Å². The van der Waals surface area contributed by atoms with E-state index in [1.807, 2.05) is 34.9 Å². The number of allylic oxidation sites excluding steroid dienone is 1. The minimum Gasteiger partial charge on any atom is -0.447 e. The molecule has 3 atom stereocenters. The summed E-state index contributed by atoms with van der Waals surface area (Å²) in [6.07, 6.45) is 5.08. The van der Waals surface area contributed by atoms with Crippen LogP contribution in [-0.4, -0.2) is 139 Å². The van der Waals surface area contributed by atoms with E-state index in [0.717, 1.165) is 35.9 Å². The van der Waals surface area contributed by atoms with Crippen LogP contribution in [0.4, 0.5) is 23.2 Å². The van der Waals surface area contributed by atoms with Crippen molar-refractivity contribution in [3.8, 4) is 11.3 Å². The van der Waals surface area contributed by atoms with Crippen LogP contribution in [0.3, 0.4) is 0 Å². The molecule has 0 bridgehead atoms. The van der Waals surface area contributed by atoms with Gasteiger partial charge in [0, 0.05) is 77.4 Å². The maximum absolute atomic E-state index is 15.4. The number of carbonyl (C=O) groups is 5. The van der Waals surface area contributed by atoms with Crippen LogP contribution in [0, 0.1) is 23.5 Å². The molecule has 5 amide bonds. The fourth-order valence-corrected chi connectivity index (χ4v) is 7.58. The topological polar surface area (TPSA) is 174 Å². The highest BCUT2D eigenvalue weighted by molar-refractivity contribution is 5.90. The van der Waals surface area contributed by atoms with Crippen molar-refractivity contribution in [2.45, 2.75) is 71.2 Å². The Morgan fingerprint density at radius 3 is 2.52 bits per heavy atom. The van der Waals surface area contributed by atoms with Crippen molar-refractivity contribution in [2.24, 2.45) is 11.8 Å². The van der Waals surface area contributed by atoms with E-state index >= 15 is 4.39 Å². The number of benzene rings is 2. The highest BCUT2D eigenvalue weighted by Crippen LogP contribution is 2.38. The second kappa shape index (κ2) is 23.7. The van der Waals surface area contributed by atoms with Gasteiger partial charge in [-0.05, 0) is 88.6 Å². The van der Waals surface area contributed by atoms with Gasteiger partial charge in [0.25, 0.3) is 0 Å². The summed E-state index contributed by atoms with van der Waals surface area (Å²) in [5.41, 5.74) is 0.432. The summed E-state index contributed by atoms with van der Waals surface area (Å²) < 4.78 is 54.3. The molecule has 0 spiro atoms. The largest absolute Gasteiger partial charge is 0.447 e. The van der Waals surface area contributed by atoms with Crippen LogP contribution in [0.1, 0.15) is 64.4 Å². The molecule has 2 fully saturated rings. The third-order valence-electron chi connectivity index (χ3n) is 10.8. The Labute approximate surface area is 373 Å². The van der Waals surface area contributed by atoms with Gasteiger partial charge in [-0.2, -0.15) is 0 Å². The van der Waals surface area contributed by atoms with Gasteiger partial charge in [0.05, 0.1) is 31.0 Å². The van der Waals surface area contributed by atoms with Crippen molar-refractivity contribution < 1.29 is 51.7 Å². The van der Waals surface area contributed by atoms with Gasteiger partial charge in [0.1, 0.15) is 36.0 Å². The van der Waals surface area contributed by atoms with E-state index in [0.29, 0.717) is 64.2 Å². The number of nitrogens with zero attached hydrogens (tertiary/aromatic N) is 5. The summed E-state index contributed by atoms with van der Waals surface area (Å²) in [5, 5.41) is 5.63. The lowest BCUT2D eigenvalue weighted by Gasteiger charge is -2.40. The maximum atomic E-state index is 15.4. The summed E-state index contributed by atoms with van der Waals surface area (Å²) in [6.45, 7) is 9.91. The fraction of sp³-hybridized carbons (Fsp3) is 0.522. The number of aldehydes is 1. The third-order valence-corrected chi connectivity index (χ3v) is 10.8. The van der Waals surface area contributed by atoms with Gasteiger partial charge in [-0.1, -0.05) is 30.3 Å². The molecule has 3 heterocycles. The summed E-state index contributed by atoms with van der Waals surface area (Å²) in [6, 6.07) is 11.1. The van der Waals surface area contributed by atoms with E-state index < -0.39 is 47.5 Å². The van der Waals surface area contributed by atoms with E-state index in [-0.39, 0.29) is 68.5 Å². The molecule has 3 aromatic rings. The summed E-state index contributed by atoms with van der Waals surface area (Å²) >= 11 is 0. The van der Waals surface area contributed by atoms with Gasteiger partial charge in [-0.15, -0.1) is 0 Å². The molecule has 348 valence electrons. The second-order valence-electron chi connectivity index (χ2n) is 17.1. The number of urea groups is 1. The number of halogens is 2. The number of likely N-dealkylation sites (tertiary alicyclic amines) is 1. The molecule has 0 aliphatic carbocycles. The average molecular weight is 894 g/mol. The summed E-state index contributed by atoms with van der Waals surface area (Å²) in [5.74, 6) is -1.45. The van der Waals surface area contributed by atoms with Crippen molar-refractivity contribution >= 4 is 30.4 Å². The molecule has 2 saturated heterocycles. The molecule has 16 nitrogen and oxygen atoms in total. The van der Waals surface area contributed by atoms with Crippen molar-refractivity contribution in [1.29, 1.82) is 0 Å². The van der Waals surface area contributed by atoms with Crippen LogP contribution >= 0.6 is 0 Å². The number of hydrogen-bond acceptors (Lipinski definition) is 10. The SMILES string of the molecule is CC(COC(=O)NCCOCCN(C)C(=O)C=CC=O)NC(=O)N(CC1CCN(C(=O)OC(C)(C)C)C1)C(c1nc(-c2cc(F)ccc2F)cn1Cc1ccccc1)C1CCOCC1. The molecular formula is C46H61F2N7O9. The molecule has 64 heavy (non-hydrogen) atoms. The minimum absolute atomic E-state index is 0.0154. The van der Waals surface area contributed by atoms with E-state index in [4.69, 9.17) is 23.9 Å². The molecule has 2 N–H and O–H groups in total. The summed E-state index contributed by atoms with van der Waals surface area (Å²) in [4.78, 5) is 72.7. The number of nitrogens with one attached hydrogen (secondary N) is 2. The smallest absolute Gasteiger partial charge is 0.410 e. The highest BCUT2D eigenvalue weighted by Gasteiger charge is 2.40. The monoisotopic (exact) mass is 893 g/mol. The van der Waals surface area contributed by atoms with Gasteiger partial charge in [0.15, 0.2) is 0 Å². The van der Waals surface area contributed by atoms with Crippen molar-refractivity contribution in [2.75, 3.05) is 72.8 Å². The first kappa shape index (κ1) is 49.1. The lowest BCUT2D eigenvalue weighted by molar-refractivity contribution is -0.125. The van der Waals surface area contributed by atoms with Gasteiger partial charge in [-0.3, -0.25) is 9.59 Å². The zero-order valence-corrected chi connectivity index (χ0v) is 37.3. The first-order valence-electron chi connectivity index (χ1n) is 21.7. The van der Waals surface area contributed by atoms with Gasteiger partial charge in [-0.25, -0.2) is 28.1 Å². The zero-order valence-electron chi connectivity index (χ0n) is 37.3. The predicted octanol–water partition coefficient (Wildman–Crippen LogP) is 5.96. The number of alkyl carbamates (subject to hydrolysis) is 1. The predicted molar refractivity (Wildman–Crippen MR) is 233 cm³/mol. The molecule has 2 aromatic carbocycles. The second-order valence-corrected chi connectivity index (χ2v) is 17.1. The Balaban J connectivity index is 1.37. The van der Waals surface area contributed by atoms with Crippen LogP contribution in [0.2, 0.25) is 0 Å². The molecule has 0 radical (unpaired) electrons. The zero-order chi connectivity index (χ0) is 46.2. The molecule has 5 rings (SSSR count). The lowest BCUT2D eigenvalue weighted by Crippen LogP contribution is -2.51. The number of ether oxygens (including phenoxy) is 4. The average Bonchev–Trinajstić information content (AvgIpc) is 3.91. The Morgan fingerprint density at radius 1 is 1.05 bits per heavy atom. The molecule has 1 aromatic heterocycles. The maximum Gasteiger partial charge on any atom is 0.410 e. The molecule has 2 aliphatic heterocycles. The van der Waals surface area contributed by atoms with E-state index in [2.05, 4.69) is 10.6 Å². The van der Waals surface area contributed by atoms with Crippen LogP contribution in [-0.2, 0) is 35.1 Å². The van der Waals surface area contributed by atoms with Crippen molar-refractivity contribution in [1.82, 2.24) is 34.9 Å². The van der Waals surface area contributed by atoms with Crippen LogP contribution in [0.15, 0.2) is 66.9 Å². The van der Waals surface area contributed by atoms with Gasteiger partial charge >= 0.3 is 18.2 Å². The Hall–Kier alpha value is -5.88. The molecule has 3 unspecified atom stereocenters. The Morgan fingerprint density at radius 2 is 1.80 bits per heavy atom. The fourth-order valence-electron chi connectivity index (χ4n) is 7.58. The number of hydrogen-bond donors (Lipinski definition) is 2. The van der Waals surface area contributed by atoms with Gasteiger partial charge in [0.2, 0.25) is 5.91 Å². The Bertz CT molecular complexity index is 2060. The van der Waals surface area contributed by atoms with Crippen LogP contribution in [0.25, 0.3) is 11.3 Å². The first-order chi connectivity index (χ1) is 30.6. The molecule has 0 saturated carbocycles. The van der Waals surface area contributed by atoms with E-state index in [1.165, 1.54) is 4.90 Å². The molecular weight excluding hydrogens is 833 g/mol. The highest BCUT2D eigenvalue weighted by atomic mass is 19.1. The van der Waals surface area contributed by atoms with Crippen LogP contribution in [0.5, 0.6) is 0 Å². The third kappa shape index (κ3) is 14.9. The molecule has 2 aliphatic rings. The standard InChI is InChI=1S/C46H61F2N7O9/c1-32(31-63-44(59)49-18-24-62-25-20-52(5)40(57)12-9-21-56)50-43(58)55(29-34-15-19-53(28-34)45(60)64-46(2,3)4)41(35-16-22-61-23-17-35)42-51-39(37-26-36(47)13-14-38(37)48)30-54(42)27-33-10-7-6-8-11-33/h6-14,21,26,30,32,34-35,41H,15-20,22-25,27-29,31H2,1-5H3,(H,49,59)(H,50,58). The number of carbonyl (C=O) groups excluding carboxylic acids is 5. The van der Waals surface area contributed by atoms with Crippen molar-refractivity contribution in [3.63, 3.8) is 0 Å². The lowest BCUT2D eigenvalue weighted by atomic mass is 9.89. The van der Waals surface area contributed by atoms with Gasteiger partial charge < -0.3 is 48.8 Å². The number of likely N-dealkylation sites (N-methyl/N-ethyl adjacent to an activating group) is 1. The number of amides is 5. The quantitative estimate of drug-likeness (QED) is 0.0831. The minimum atomic E-state index is -0.721. The Kier molecular flexibility index (Phi) is 18.2. The first-order valence-corrected chi connectivity index (χ1v) is 21.7. The van der Waals surface area contributed by atoms with Crippen molar-refractivity contribution in [3.05, 3.63) is 89.9 Å². The van der Waals surface area contributed by atoms with E-state index in [1.54, 1.807) is 50.7 Å².